The van der Waals surface area contributed by atoms with E-state index in [2.05, 4.69) is 13.8 Å². The molecule has 0 aliphatic carbocycles. The fraction of sp³-hybridized carbons (Fsp3) is 0.571. The van der Waals surface area contributed by atoms with Crippen molar-refractivity contribution in [3.8, 4) is 0 Å². The van der Waals surface area contributed by atoms with E-state index in [0.717, 1.165) is 12.5 Å². The van der Waals surface area contributed by atoms with Gasteiger partial charge in [-0.05, 0) is 36.5 Å². The van der Waals surface area contributed by atoms with Crippen molar-refractivity contribution in [2.24, 2.45) is 11.8 Å². The zero-order valence-corrected chi connectivity index (χ0v) is 11.2. The summed E-state index contributed by atoms with van der Waals surface area (Å²) < 4.78 is 39.3. The minimum Gasteiger partial charge on any atom is -0.399 e. The van der Waals surface area contributed by atoms with E-state index >= 15 is 0 Å². The number of nitrogen functional groups attached to an aromatic ring is 1. The number of hydrogen-bond acceptors (Lipinski definition) is 2. The highest BCUT2D eigenvalue weighted by molar-refractivity contribution is 5.61. The summed E-state index contributed by atoms with van der Waals surface area (Å²) >= 11 is 0. The van der Waals surface area contributed by atoms with Crippen LogP contribution in [0.2, 0.25) is 0 Å². The number of benzene rings is 1. The average molecular weight is 272 g/mol. The van der Waals surface area contributed by atoms with Gasteiger partial charge in [0.15, 0.2) is 0 Å². The van der Waals surface area contributed by atoms with Crippen LogP contribution in [0.15, 0.2) is 18.2 Å². The molecule has 1 aromatic rings. The van der Waals surface area contributed by atoms with Gasteiger partial charge in [0.05, 0.1) is 5.56 Å². The normalized spacial score (nSPS) is 24.6. The standard InChI is InChI=1S/C14H19F3N2/c1-9-5-10(2)8-19(7-9)13-4-3-11(18)6-12(13)14(15,16)17/h3-4,6,9-10H,5,7-8,18H2,1-2H3/t9-,10-/m1/s1. The van der Waals surface area contributed by atoms with Gasteiger partial charge in [-0.25, -0.2) is 0 Å². The first-order valence-corrected chi connectivity index (χ1v) is 6.49. The zero-order chi connectivity index (χ0) is 14.2. The number of piperidine rings is 1. The van der Waals surface area contributed by atoms with Crippen molar-refractivity contribution >= 4 is 11.4 Å². The van der Waals surface area contributed by atoms with E-state index in [1.165, 1.54) is 12.1 Å². The molecule has 1 aliphatic rings. The molecular weight excluding hydrogens is 253 g/mol. The lowest BCUT2D eigenvalue weighted by Crippen LogP contribution is -2.39. The van der Waals surface area contributed by atoms with Crippen LogP contribution in [0.4, 0.5) is 24.5 Å². The third-order valence-electron chi connectivity index (χ3n) is 3.54. The van der Waals surface area contributed by atoms with Crippen LogP contribution in [0.1, 0.15) is 25.8 Å². The van der Waals surface area contributed by atoms with Crippen LogP contribution < -0.4 is 10.6 Å². The molecule has 0 unspecified atom stereocenters. The lowest BCUT2D eigenvalue weighted by molar-refractivity contribution is -0.137. The molecule has 1 heterocycles. The summed E-state index contributed by atoms with van der Waals surface area (Å²) in [5, 5.41) is 0. The first-order chi connectivity index (χ1) is 8.77. The van der Waals surface area contributed by atoms with E-state index in [1.807, 2.05) is 4.90 Å². The van der Waals surface area contributed by atoms with Crippen molar-refractivity contribution in [1.82, 2.24) is 0 Å². The number of nitrogens with zero attached hydrogens (tertiary/aromatic N) is 1. The van der Waals surface area contributed by atoms with Crippen LogP contribution in [0.5, 0.6) is 0 Å². The number of alkyl halides is 3. The molecule has 1 aromatic carbocycles. The second-order valence-corrected chi connectivity index (χ2v) is 5.63. The van der Waals surface area contributed by atoms with Crippen LogP contribution >= 0.6 is 0 Å². The van der Waals surface area contributed by atoms with Gasteiger partial charge in [-0.2, -0.15) is 13.2 Å². The lowest BCUT2D eigenvalue weighted by atomic mass is 9.91. The third-order valence-corrected chi connectivity index (χ3v) is 3.54. The highest BCUT2D eigenvalue weighted by Crippen LogP contribution is 2.39. The first-order valence-electron chi connectivity index (χ1n) is 6.49. The molecule has 5 heteroatoms. The van der Waals surface area contributed by atoms with Crippen LogP contribution in [0.25, 0.3) is 0 Å². The van der Waals surface area contributed by atoms with Crippen molar-refractivity contribution in [3.05, 3.63) is 23.8 Å². The van der Waals surface area contributed by atoms with Gasteiger partial charge in [0.25, 0.3) is 0 Å². The van der Waals surface area contributed by atoms with Crippen molar-refractivity contribution in [2.75, 3.05) is 23.7 Å². The smallest absolute Gasteiger partial charge is 0.399 e. The molecule has 0 amide bonds. The van der Waals surface area contributed by atoms with Gasteiger partial charge in [-0.1, -0.05) is 13.8 Å². The fourth-order valence-electron chi connectivity index (χ4n) is 2.92. The Balaban J connectivity index is 2.39. The lowest BCUT2D eigenvalue weighted by Gasteiger charge is -2.37. The van der Waals surface area contributed by atoms with Crippen molar-refractivity contribution in [1.29, 1.82) is 0 Å². The Hall–Kier alpha value is -1.39. The summed E-state index contributed by atoms with van der Waals surface area (Å²) in [6.07, 6.45) is -3.30. The van der Waals surface area contributed by atoms with Crippen LogP contribution in [0, 0.1) is 11.8 Å². The predicted molar refractivity (Wildman–Crippen MR) is 71.0 cm³/mol. The monoisotopic (exact) mass is 272 g/mol. The molecule has 1 aliphatic heterocycles. The number of rotatable bonds is 1. The Morgan fingerprint density at radius 3 is 2.26 bits per heavy atom. The Morgan fingerprint density at radius 1 is 1.16 bits per heavy atom. The van der Waals surface area contributed by atoms with Gasteiger partial charge >= 0.3 is 6.18 Å². The maximum atomic E-state index is 13.1. The maximum absolute atomic E-state index is 13.1. The highest BCUT2D eigenvalue weighted by Gasteiger charge is 2.36. The van der Waals surface area contributed by atoms with Crippen molar-refractivity contribution in [3.63, 3.8) is 0 Å². The minimum absolute atomic E-state index is 0.147. The molecule has 2 rings (SSSR count). The highest BCUT2D eigenvalue weighted by atomic mass is 19.4. The molecule has 0 bridgehead atoms. The predicted octanol–water partition coefficient (Wildman–Crippen LogP) is 3.77. The van der Waals surface area contributed by atoms with E-state index in [-0.39, 0.29) is 11.4 Å². The molecular formula is C14H19F3N2. The maximum Gasteiger partial charge on any atom is 0.418 e. The van der Waals surface area contributed by atoms with Crippen LogP contribution in [0.3, 0.4) is 0 Å². The van der Waals surface area contributed by atoms with Gasteiger partial charge < -0.3 is 10.6 Å². The summed E-state index contributed by atoms with van der Waals surface area (Å²) in [6.45, 7) is 5.48. The SMILES string of the molecule is C[C@@H]1C[C@@H](C)CN(c2ccc(N)cc2C(F)(F)F)C1. The molecule has 2 atom stereocenters. The number of halogens is 3. The van der Waals surface area contributed by atoms with Crippen molar-refractivity contribution < 1.29 is 13.2 Å². The number of nitrogens with two attached hydrogens (primary N) is 1. The van der Waals surface area contributed by atoms with Gasteiger partial charge in [-0.15, -0.1) is 0 Å². The summed E-state index contributed by atoms with van der Waals surface area (Å²) in [5.41, 5.74) is 5.26. The number of anilines is 2. The Labute approximate surface area is 111 Å². The van der Waals surface area contributed by atoms with E-state index < -0.39 is 11.7 Å². The van der Waals surface area contributed by atoms with E-state index in [9.17, 15) is 13.2 Å². The molecule has 0 aromatic heterocycles. The molecule has 0 radical (unpaired) electrons. The Kier molecular flexibility index (Phi) is 3.65. The molecule has 1 fully saturated rings. The molecule has 1 saturated heterocycles. The molecule has 106 valence electrons. The molecule has 0 spiro atoms. The first kappa shape index (κ1) is 14.0. The van der Waals surface area contributed by atoms with E-state index in [4.69, 9.17) is 5.73 Å². The van der Waals surface area contributed by atoms with Crippen LogP contribution in [-0.2, 0) is 6.18 Å². The molecule has 2 nitrogen and oxygen atoms in total. The molecule has 2 N–H and O–H groups in total. The summed E-state index contributed by atoms with van der Waals surface area (Å²) in [5.74, 6) is 0.810. The van der Waals surface area contributed by atoms with Gasteiger partial charge in [-0.3, -0.25) is 0 Å². The third kappa shape index (κ3) is 3.14. The van der Waals surface area contributed by atoms with Gasteiger partial charge in [0, 0.05) is 24.5 Å². The minimum atomic E-state index is -4.37. The second-order valence-electron chi connectivity index (χ2n) is 5.63. The Morgan fingerprint density at radius 2 is 1.74 bits per heavy atom. The summed E-state index contributed by atoms with van der Waals surface area (Å²) in [4.78, 5) is 1.83. The fourth-order valence-corrected chi connectivity index (χ4v) is 2.92. The molecule has 19 heavy (non-hydrogen) atoms. The zero-order valence-electron chi connectivity index (χ0n) is 11.2. The van der Waals surface area contributed by atoms with E-state index in [1.54, 1.807) is 0 Å². The largest absolute Gasteiger partial charge is 0.418 e. The topological polar surface area (TPSA) is 29.3 Å². The van der Waals surface area contributed by atoms with Gasteiger partial charge in [0.1, 0.15) is 0 Å². The summed E-state index contributed by atoms with van der Waals surface area (Å²) in [7, 11) is 0. The van der Waals surface area contributed by atoms with Crippen LogP contribution in [-0.4, -0.2) is 13.1 Å². The Bertz CT molecular complexity index is 446. The van der Waals surface area contributed by atoms with Gasteiger partial charge in [0.2, 0.25) is 0 Å². The summed E-state index contributed by atoms with van der Waals surface area (Å²) in [6, 6.07) is 4.05. The van der Waals surface area contributed by atoms with Crippen molar-refractivity contribution in [2.45, 2.75) is 26.4 Å². The molecule has 0 saturated carbocycles. The average Bonchev–Trinajstić information content (AvgIpc) is 2.26. The second kappa shape index (κ2) is 4.94. The quantitative estimate of drug-likeness (QED) is 0.788. The van der Waals surface area contributed by atoms with E-state index in [0.29, 0.717) is 24.9 Å². The number of hydrogen-bond donors (Lipinski definition) is 1.